The summed E-state index contributed by atoms with van der Waals surface area (Å²) < 4.78 is 16.7. The van der Waals surface area contributed by atoms with Gasteiger partial charge in [0, 0.05) is 4.90 Å². The predicted molar refractivity (Wildman–Crippen MR) is 62.0 cm³/mol. The smallest absolute Gasteiger partial charge is 0.338 e. The number of rotatable bonds is 3. The summed E-state index contributed by atoms with van der Waals surface area (Å²) in [6, 6.07) is 6.79. The predicted octanol–water partition coefficient (Wildman–Crippen LogP) is 1.50. The van der Waals surface area contributed by atoms with Crippen molar-refractivity contribution in [3.05, 3.63) is 29.8 Å². The highest BCUT2D eigenvalue weighted by molar-refractivity contribution is 8.01. The first kappa shape index (κ1) is 11.9. The van der Waals surface area contributed by atoms with E-state index in [1.807, 2.05) is 0 Å². The molecular formula is C11H16O3S. The van der Waals surface area contributed by atoms with Crippen molar-refractivity contribution in [1.82, 2.24) is 0 Å². The van der Waals surface area contributed by atoms with E-state index in [2.05, 4.69) is 0 Å². The van der Waals surface area contributed by atoms with Gasteiger partial charge in [-0.2, -0.15) is 0 Å². The number of hydrogen-bond donors (Lipinski definition) is 1. The summed E-state index contributed by atoms with van der Waals surface area (Å²) in [7, 11) is -2.31. The minimum Gasteiger partial charge on any atom is -0.462 e. The first-order chi connectivity index (χ1) is 6.95. The van der Waals surface area contributed by atoms with Gasteiger partial charge in [0.1, 0.15) is 0 Å². The molecule has 0 saturated heterocycles. The van der Waals surface area contributed by atoms with Gasteiger partial charge in [0.2, 0.25) is 0 Å². The average Bonchev–Trinajstić information content (AvgIpc) is 2.17. The number of hydrogen-bond acceptors (Lipinski definition) is 3. The van der Waals surface area contributed by atoms with Crippen molar-refractivity contribution >= 4 is 15.9 Å². The van der Waals surface area contributed by atoms with E-state index in [-0.39, 0.29) is 5.97 Å². The van der Waals surface area contributed by atoms with Gasteiger partial charge < -0.3 is 4.74 Å². The summed E-state index contributed by atoms with van der Waals surface area (Å²) >= 11 is 0. The third-order valence-electron chi connectivity index (χ3n) is 1.98. The highest BCUT2D eigenvalue weighted by atomic mass is 32.2. The SMILES string of the molecule is CCOC(=O)c1cccc([SH](C)(C)=O)c1. The Bertz CT molecular complexity index is 406. The van der Waals surface area contributed by atoms with E-state index < -0.39 is 9.93 Å². The maximum atomic E-state index is 11.8. The molecule has 1 rings (SSSR count). The van der Waals surface area contributed by atoms with Crippen LogP contribution in [0.25, 0.3) is 0 Å². The summed E-state index contributed by atoms with van der Waals surface area (Å²) in [5.74, 6) is -0.368. The first-order valence-corrected chi connectivity index (χ1v) is 7.38. The molecule has 0 radical (unpaired) electrons. The normalized spacial score (nSPS) is 12.2. The lowest BCUT2D eigenvalue weighted by molar-refractivity contribution is 0.0526. The lowest BCUT2D eigenvalue weighted by atomic mass is 10.2. The van der Waals surface area contributed by atoms with E-state index >= 15 is 0 Å². The zero-order valence-electron chi connectivity index (χ0n) is 9.19. The second-order valence-corrected chi connectivity index (χ2v) is 6.84. The van der Waals surface area contributed by atoms with Gasteiger partial charge in [-0.05, 0) is 37.6 Å². The quantitative estimate of drug-likeness (QED) is 0.630. The Morgan fingerprint density at radius 3 is 2.60 bits per heavy atom. The molecule has 0 atom stereocenters. The molecule has 0 aromatic heterocycles. The van der Waals surface area contributed by atoms with E-state index in [0.717, 1.165) is 0 Å². The molecule has 0 spiro atoms. The molecule has 0 fully saturated rings. The van der Waals surface area contributed by atoms with Crippen LogP contribution in [0.3, 0.4) is 0 Å². The third-order valence-corrected chi connectivity index (χ3v) is 3.50. The van der Waals surface area contributed by atoms with Crippen LogP contribution in [0.2, 0.25) is 0 Å². The van der Waals surface area contributed by atoms with Crippen molar-refractivity contribution in [2.75, 3.05) is 19.1 Å². The van der Waals surface area contributed by atoms with Crippen LogP contribution < -0.4 is 0 Å². The highest BCUT2D eigenvalue weighted by Crippen LogP contribution is 2.15. The van der Waals surface area contributed by atoms with Crippen molar-refractivity contribution in [3.63, 3.8) is 0 Å². The van der Waals surface area contributed by atoms with Crippen molar-refractivity contribution in [2.24, 2.45) is 0 Å². The van der Waals surface area contributed by atoms with Gasteiger partial charge in [-0.1, -0.05) is 16.0 Å². The Morgan fingerprint density at radius 1 is 1.40 bits per heavy atom. The Kier molecular flexibility index (Phi) is 3.63. The number of benzene rings is 1. The fraction of sp³-hybridized carbons (Fsp3) is 0.364. The van der Waals surface area contributed by atoms with Gasteiger partial charge in [0.15, 0.2) is 0 Å². The molecule has 84 valence electrons. The zero-order valence-corrected chi connectivity index (χ0v) is 10.1. The van der Waals surface area contributed by atoms with E-state index in [4.69, 9.17) is 4.74 Å². The van der Waals surface area contributed by atoms with Gasteiger partial charge in [-0.15, -0.1) is 0 Å². The Hall–Kier alpha value is -1.16. The maximum Gasteiger partial charge on any atom is 0.338 e. The Morgan fingerprint density at radius 2 is 2.07 bits per heavy atom. The Balaban J connectivity index is 3.03. The molecular weight excluding hydrogens is 212 g/mol. The molecule has 1 aromatic rings. The van der Waals surface area contributed by atoms with Crippen LogP contribution in [-0.2, 0) is 14.7 Å². The Labute approximate surface area is 90.9 Å². The molecule has 0 N–H and O–H groups in total. The van der Waals surface area contributed by atoms with E-state index in [1.54, 1.807) is 43.7 Å². The number of thiol groups is 1. The molecule has 0 saturated carbocycles. The van der Waals surface area contributed by atoms with Crippen LogP contribution in [0.5, 0.6) is 0 Å². The topological polar surface area (TPSA) is 43.4 Å². The van der Waals surface area contributed by atoms with Gasteiger partial charge in [-0.3, -0.25) is 4.21 Å². The first-order valence-electron chi connectivity index (χ1n) is 4.78. The molecule has 0 amide bonds. The molecule has 0 heterocycles. The number of carbonyl (C=O) groups is 1. The molecule has 0 aliphatic heterocycles. The largest absolute Gasteiger partial charge is 0.462 e. The van der Waals surface area contributed by atoms with Crippen LogP contribution in [0, 0.1) is 0 Å². The molecule has 0 unspecified atom stereocenters. The van der Waals surface area contributed by atoms with Crippen molar-refractivity contribution < 1.29 is 13.7 Å². The van der Waals surface area contributed by atoms with Gasteiger partial charge in [0.25, 0.3) is 0 Å². The number of ether oxygens (including phenoxy) is 1. The van der Waals surface area contributed by atoms with E-state index in [1.165, 1.54) is 0 Å². The van der Waals surface area contributed by atoms with Crippen molar-refractivity contribution in [1.29, 1.82) is 0 Å². The monoisotopic (exact) mass is 228 g/mol. The summed E-state index contributed by atoms with van der Waals surface area (Å²) in [5, 5.41) is 0. The van der Waals surface area contributed by atoms with Crippen molar-refractivity contribution in [3.8, 4) is 0 Å². The molecule has 0 aliphatic carbocycles. The van der Waals surface area contributed by atoms with Crippen molar-refractivity contribution in [2.45, 2.75) is 11.8 Å². The molecule has 0 aliphatic rings. The summed E-state index contributed by atoms with van der Waals surface area (Å²) in [4.78, 5) is 12.1. The molecule has 4 heteroatoms. The number of esters is 1. The second kappa shape index (κ2) is 4.57. The molecule has 1 aromatic carbocycles. The summed E-state index contributed by atoms with van der Waals surface area (Å²) in [5.41, 5.74) is 0.457. The minimum atomic E-state index is -2.31. The fourth-order valence-corrected chi connectivity index (χ4v) is 2.08. The van der Waals surface area contributed by atoms with E-state index in [9.17, 15) is 9.00 Å². The van der Waals surface area contributed by atoms with Crippen LogP contribution in [-0.4, -0.2) is 29.3 Å². The second-order valence-electron chi connectivity index (χ2n) is 3.62. The lowest BCUT2D eigenvalue weighted by Crippen LogP contribution is -2.09. The standard InChI is InChI=1S/C11H16O3S/c1-4-14-11(12)9-6-5-7-10(8-9)15(2,3)13/h5-8,15H,4H2,1-3H3. The van der Waals surface area contributed by atoms with Gasteiger partial charge in [-0.25, -0.2) is 4.79 Å². The zero-order chi connectivity index (χ0) is 11.5. The molecule has 0 bridgehead atoms. The van der Waals surface area contributed by atoms with Gasteiger partial charge in [0.05, 0.1) is 12.2 Å². The maximum absolute atomic E-state index is 11.8. The molecule has 3 nitrogen and oxygen atoms in total. The highest BCUT2D eigenvalue weighted by Gasteiger charge is 2.10. The van der Waals surface area contributed by atoms with E-state index in [0.29, 0.717) is 17.1 Å². The summed E-state index contributed by atoms with van der Waals surface area (Å²) in [6.45, 7) is 2.10. The van der Waals surface area contributed by atoms with Crippen LogP contribution in [0.15, 0.2) is 29.2 Å². The third kappa shape index (κ3) is 3.16. The van der Waals surface area contributed by atoms with Crippen LogP contribution in [0.1, 0.15) is 17.3 Å². The lowest BCUT2D eigenvalue weighted by Gasteiger charge is -2.12. The minimum absolute atomic E-state index is 0.346. The average molecular weight is 228 g/mol. The molecule has 15 heavy (non-hydrogen) atoms. The van der Waals surface area contributed by atoms with Crippen LogP contribution in [0.4, 0.5) is 0 Å². The number of carbonyl (C=O) groups excluding carboxylic acids is 1. The van der Waals surface area contributed by atoms with Crippen LogP contribution >= 0.6 is 0 Å². The van der Waals surface area contributed by atoms with Gasteiger partial charge >= 0.3 is 5.97 Å². The fourth-order valence-electron chi connectivity index (χ4n) is 1.18. The summed E-state index contributed by atoms with van der Waals surface area (Å²) in [6.07, 6.45) is 3.36.